The van der Waals surface area contributed by atoms with E-state index in [9.17, 15) is 19.5 Å². The Morgan fingerprint density at radius 3 is 2.67 bits per heavy atom. The van der Waals surface area contributed by atoms with Crippen LogP contribution in [-0.4, -0.2) is 56.4 Å². The zero-order valence-corrected chi connectivity index (χ0v) is 14.2. The smallest absolute Gasteiger partial charge is 0.331 e. The molecule has 1 aromatic heterocycles. The van der Waals surface area contributed by atoms with Gasteiger partial charge in [0.05, 0.1) is 17.7 Å². The Labute approximate surface area is 139 Å². The van der Waals surface area contributed by atoms with Gasteiger partial charge in [-0.3, -0.25) is 18.7 Å². The standard InChI is InChI=1S/C16H23N3O5/c1-17-11(9-13(21)18(2)15(17)23)14(22)19-7-6-16(24-3)5-4-10(20)8-12(16)19/h9-10,12,20H,4-8H2,1-3H3/t10-,12-,16+/m0/s1. The molecule has 8 nitrogen and oxygen atoms in total. The second kappa shape index (κ2) is 5.86. The lowest BCUT2D eigenvalue weighted by Gasteiger charge is -2.42. The highest BCUT2D eigenvalue weighted by molar-refractivity contribution is 5.93. The van der Waals surface area contributed by atoms with Crippen LogP contribution in [-0.2, 0) is 18.8 Å². The summed E-state index contributed by atoms with van der Waals surface area (Å²) in [5, 5.41) is 10.0. The molecule has 24 heavy (non-hydrogen) atoms. The monoisotopic (exact) mass is 337 g/mol. The third kappa shape index (κ3) is 2.41. The van der Waals surface area contributed by atoms with Gasteiger partial charge in [-0.15, -0.1) is 0 Å². The lowest BCUT2D eigenvalue weighted by Crippen LogP contribution is -2.53. The maximum absolute atomic E-state index is 13.0. The number of hydrogen-bond acceptors (Lipinski definition) is 5. The summed E-state index contributed by atoms with van der Waals surface area (Å²) in [6, 6.07) is 0.938. The molecule has 1 saturated heterocycles. The number of rotatable bonds is 2. The molecule has 1 aliphatic carbocycles. The first kappa shape index (κ1) is 16.9. The number of amides is 1. The Morgan fingerprint density at radius 2 is 2.00 bits per heavy atom. The van der Waals surface area contributed by atoms with Crippen molar-refractivity contribution in [3.8, 4) is 0 Å². The summed E-state index contributed by atoms with van der Waals surface area (Å²) in [4.78, 5) is 38.6. The zero-order valence-electron chi connectivity index (χ0n) is 14.2. The van der Waals surface area contributed by atoms with Crippen molar-refractivity contribution in [3.05, 3.63) is 32.6 Å². The number of hydrogen-bond donors (Lipinski definition) is 1. The minimum Gasteiger partial charge on any atom is -0.393 e. The topological polar surface area (TPSA) is 93.8 Å². The van der Waals surface area contributed by atoms with Crippen LogP contribution >= 0.6 is 0 Å². The Kier molecular flexibility index (Phi) is 4.13. The molecule has 1 N–H and O–H groups in total. The van der Waals surface area contributed by atoms with Crippen LogP contribution in [0.4, 0.5) is 0 Å². The van der Waals surface area contributed by atoms with E-state index in [0.29, 0.717) is 32.2 Å². The number of nitrogens with zero attached hydrogens (tertiary/aromatic N) is 3. The summed E-state index contributed by atoms with van der Waals surface area (Å²) < 4.78 is 7.88. The van der Waals surface area contributed by atoms with Crippen molar-refractivity contribution in [1.29, 1.82) is 0 Å². The Balaban J connectivity index is 1.99. The quantitative estimate of drug-likeness (QED) is 0.765. The summed E-state index contributed by atoms with van der Waals surface area (Å²) in [5.74, 6) is -0.370. The molecule has 0 aromatic carbocycles. The van der Waals surface area contributed by atoms with Gasteiger partial charge in [-0.05, 0) is 25.7 Å². The fourth-order valence-corrected chi connectivity index (χ4v) is 4.00. The highest BCUT2D eigenvalue weighted by Crippen LogP contribution is 2.42. The first-order chi connectivity index (χ1) is 11.3. The predicted octanol–water partition coefficient (Wildman–Crippen LogP) is -0.771. The van der Waals surface area contributed by atoms with E-state index >= 15 is 0 Å². The number of carbonyl (C=O) groups excluding carboxylic acids is 1. The van der Waals surface area contributed by atoms with Crippen molar-refractivity contribution in [1.82, 2.24) is 14.0 Å². The van der Waals surface area contributed by atoms with Crippen LogP contribution in [0.1, 0.15) is 36.2 Å². The number of aromatic nitrogens is 2. The van der Waals surface area contributed by atoms with Crippen molar-refractivity contribution in [2.45, 2.75) is 43.4 Å². The van der Waals surface area contributed by atoms with Crippen LogP contribution < -0.4 is 11.2 Å². The molecule has 8 heteroatoms. The van der Waals surface area contributed by atoms with Crippen molar-refractivity contribution in [2.24, 2.45) is 14.1 Å². The normalized spacial score (nSPS) is 29.6. The third-order valence-electron chi connectivity index (χ3n) is 5.57. The van der Waals surface area contributed by atoms with E-state index in [2.05, 4.69) is 0 Å². The molecule has 1 aromatic rings. The number of ether oxygens (including phenoxy) is 1. The van der Waals surface area contributed by atoms with Gasteiger partial charge in [0.15, 0.2) is 0 Å². The van der Waals surface area contributed by atoms with Crippen molar-refractivity contribution < 1.29 is 14.6 Å². The Bertz CT molecular complexity index is 783. The van der Waals surface area contributed by atoms with Gasteiger partial charge >= 0.3 is 5.69 Å². The first-order valence-electron chi connectivity index (χ1n) is 8.12. The maximum atomic E-state index is 13.0. The van der Waals surface area contributed by atoms with Crippen LogP contribution in [0.3, 0.4) is 0 Å². The number of methoxy groups -OCH3 is 1. The fraction of sp³-hybridized carbons (Fsp3) is 0.688. The fourth-order valence-electron chi connectivity index (χ4n) is 4.00. The van der Waals surface area contributed by atoms with Gasteiger partial charge in [0, 0.05) is 33.8 Å². The van der Waals surface area contributed by atoms with Crippen molar-refractivity contribution >= 4 is 5.91 Å². The van der Waals surface area contributed by atoms with E-state index in [1.807, 2.05) is 0 Å². The average Bonchev–Trinajstić information content (AvgIpc) is 2.95. The summed E-state index contributed by atoms with van der Waals surface area (Å²) in [6.45, 7) is 0.480. The Hall–Kier alpha value is -1.93. The molecule has 2 fully saturated rings. The van der Waals surface area contributed by atoms with E-state index < -0.39 is 23.0 Å². The Morgan fingerprint density at radius 1 is 1.29 bits per heavy atom. The van der Waals surface area contributed by atoms with E-state index in [-0.39, 0.29) is 17.6 Å². The molecule has 0 bridgehead atoms. The summed E-state index contributed by atoms with van der Waals surface area (Å²) in [6.07, 6.45) is 1.99. The number of aliphatic hydroxyl groups is 1. The van der Waals surface area contributed by atoms with Crippen molar-refractivity contribution in [3.63, 3.8) is 0 Å². The van der Waals surface area contributed by atoms with Crippen LogP contribution in [0.5, 0.6) is 0 Å². The SMILES string of the molecule is CO[C@@]12CC[C@H](O)C[C@@H]1N(C(=O)c1cc(=O)n(C)c(=O)n1C)CC2. The molecule has 2 heterocycles. The predicted molar refractivity (Wildman–Crippen MR) is 86.0 cm³/mol. The molecule has 1 amide bonds. The number of fused-ring (bicyclic) bond motifs is 1. The summed E-state index contributed by atoms with van der Waals surface area (Å²) in [7, 11) is 4.49. The maximum Gasteiger partial charge on any atom is 0.331 e. The van der Waals surface area contributed by atoms with Gasteiger partial charge in [-0.2, -0.15) is 0 Å². The van der Waals surface area contributed by atoms with Gasteiger partial charge in [0.1, 0.15) is 5.69 Å². The molecule has 3 rings (SSSR count). The second-order valence-corrected chi connectivity index (χ2v) is 6.73. The zero-order chi connectivity index (χ0) is 17.6. The molecule has 132 valence electrons. The molecule has 0 unspecified atom stereocenters. The summed E-state index contributed by atoms with van der Waals surface area (Å²) in [5.41, 5.74) is -1.43. The third-order valence-corrected chi connectivity index (χ3v) is 5.57. The van der Waals surface area contributed by atoms with E-state index in [1.54, 1.807) is 12.0 Å². The lowest BCUT2D eigenvalue weighted by molar-refractivity contribution is -0.0825. The molecule has 2 aliphatic rings. The minimum atomic E-state index is -0.535. The second-order valence-electron chi connectivity index (χ2n) is 6.73. The van der Waals surface area contributed by atoms with Crippen LogP contribution in [0.15, 0.2) is 15.7 Å². The molecule has 0 radical (unpaired) electrons. The lowest BCUT2D eigenvalue weighted by atomic mass is 9.79. The van der Waals surface area contributed by atoms with Crippen LogP contribution in [0, 0.1) is 0 Å². The number of aliphatic hydroxyl groups excluding tert-OH is 1. The molecular weight excluding hydrogens is 314 g/mol. The highest BCUT2D eigenvalue weighted by atomic mass is 16.5. The molecular formula is C16H23N3O5. The molecule has 3 atom stereocenters. The van der Waals surface area contributed by atoms with Gasteiger partial charge < -0.3 is 14.7 Å². The van der Waals surface area contributed by atoms with Crippen LogP contribution in [0.2, 0.25) is 0 Å². The minimum absolute atomic E-state index is 0.0649. The van der Waals surface area contributed by atoms with Gasteiger partial charge in [-0.25, -0.2) is 4.79 Å². The molecule has 1 saturated carbocycles. The van der Waals surface area contributed by atoms with Crippen LogP contribution in [0.25, 0.3) is 0 Å². The van der Waals surface area contributed by atoms with E-state index in [0.717, 1.165) is 4.57 Å². The number of carbonyl (C=O) groups is 1. The van der Waals surface area contributed by atoms with E-state index in [1.165, 1.54) is 24.7 Å². The van der Waals surface area contributed by atoms with Gasteiger partial charge in [-0.1, -0.05) is 0 Å². The highest BCUT2D eigenvalue weighted by Gasteiger charge is 2.52. The largest absolute Gasteiger partial charge is 0.393 e. The first-order valence-corrected chi connectivity index (χ1v) is 8.12. The van der Waals surface area contributed by atoms with Gasteiger partial charge in [0.2, 0.25) is 0 Å². The van der Waals surface area contributed by atoms with E-state index in [4.69, 9.17) is 4.74 Å². The molecule has 0 spiro atoms. The van der Waals surface area contributed by atoms with Gasteiger partial charge in [0.25, 0.3) is 11.5 Å². The summed E-state index contributed by atoms with van der Waals surface area (Å²) >= 11 is 0. The van der Waals surface area contributed by atoms with Crippen molar-refractivity contribution in [2.75, 3.05) is 13.7 Å². The number of likely N-dealkylation sites (tertiary alicyclic amines) is 1. The average molecular weight is 337 g/mol. The molecule has 1 aliphatic heterocycles.